The van der Waals surface area contributed by atoms with Crippen molar-refractivity contribution in [2.75, 3.05) is 6.61 Å². The number of hydrogen-bond acceptors (Lipinski definition) is 4. The number of nitrogens with two attached hydrogens (primary N) is 1. The van der Waals surface area contributed by atoms with Gasteiger partial charge in [0, 0.05) is 0 Å². The fourth-order valence-corrected chi connectivity index (χ4v) is 1.73. The Hall–Kier alpha value is -1.69. The minimum Gasteiger partial charge on any atom is -0.478 e. The SMILES string of the molecule is CCOC(=O)C(CC)Oc1cccc(F)c1C(N)=S. The van der Waals surface area contributed by atoms with E-state index >= 15 is 0 Å². The van der Waals surface area contributed by atoms with E-state index in [9.17, 15) is 9.18 Å². The molecule has 104 valence electrons. The monoisotopic (exact) mass is 285 g/mol. The van der Waals surface area contributed by atoms with Crippen LogP contribution in [0.2, 0.25) is 0 Å². The number of rotatable bonds is 6. The minimum atomic E-state index is -0.810. The van der Waals surface area contributed by atoms with E-state index in [0.717, 1.165) is 0 Å². The lowest BCUT2D eigenvalue weighted by atomic mass is 10.2. The predicted molar refractivity (Wildman–Crippen MR) is 73.6 cm³/mol. The first-order valence-corrected chi connectivity index (χ1v) is 6.33. The number of thiocarbonyl (C=S) groups is 1. The van der Waals surface area contributed by atoms with Gasteiger partial charge in [0.1, 0.15) is 16.6 Å². The largest absolute Gasteiger partial charge is 0.478 e. The van der Waals surface area contributed by atoms with Crippen LogP contribution in [0.4, 0.5) is 4.39 Å². The molecule has 0 amide bonds. The van der Waals surface area contributed by atoms with Crippen LogP contribution in [-0.4, -0.2) is 23.7 Å². The van der Waals surface area contributed by atoms with Crippen LogP contribution in [0.15, 0.2) is 18.2 Å². The third-order valence-corrected chi connectivity index (χ3v) is 2.62. The molecule has 19 heavy (non-hydrogen) atoms. The molecule has 0 fully saturated rings. The molecule has 0 saturated heterocycles. The topological polar surface area (TPSA) is 61.5 Å². The molecular formula is C13H16FNO3S. The first-order chi connectivity index (χ1) is 9.01. The molecular weight excluding hydrogens is 269 g/mol. The van der Waals surface area contributed by atoms with Gasteiger partial charge < -0.3 is 15.2 Å². The third kappa shape index (κ3) is 3.89. The highest BCUT2D eigenvalue weighted by Gasteiger charge is 2.22. The van der Waals surface area contributed by atoms with E-state index < -0.39 is 17.9 Å². The number of esters is 1. The lowest BCUT2D eigenvalue weighted by Gasteiger charge is -2.18. The van der Waals surface area contributed by atoms with E-state index in [-0.39, 0.29) is 22.9 Å². The van der Waals surface area contributed by atoms with Gasteiger partial charge in [0.15, 0.2) is 6.10 Å². The summed E-state index contributed by atoms with van der Waals surface area (Å²) in [6, 6.07) is 4.20. The zero-order valence-electron chi connectivity index (χ0n) is 10.8. The molecule has 0 radical (unpaired) electrons. The zero-order chi connectivity index (χ0) is 14.4. The highest BCUT2D eigenvalue weighted by atomic mass is 32.1. The van der Waals surface area contributed by atoms with Crippen molar-refractivity contribution in [3.8, 4) is 5.75 Å². The number of carbonyl (C=O) groups is 1. The van der Waals surface area contributed by atoms with Crippen LogP contribution >= 0.6 is 12.2 Å². The van der Waals surface area contributed by atoms with Crippen molar-refractivity contribution in [3.05, 3.63) is 29.6 Å². The average molecular weight is 285 g/mol. The van der Waals surface area contributed by atoms with Crippen molar-refractivity contribution in [1.82, 2.24) is 0 Å². The van der Waals surface area contributed by atoms with Crippen molar-refractivity contribution >= 4 is 23.2 Å². The van der Waals surface area contributed by atoms with E-state index in [1.807, 2.05) is 0 Å². The summed E-state index contributed by atoms with van der Waals surface area (Å²) >= 11 is 4.78. The lowest BCUT2D eigenvalue weighted by Crippen LogP contribution is -2.29. The number of carbonyl (C=O) groups excluding carboxylic acids is 1. The standard InChI is InChI=1S/C13H16FNO3S/c1-3-9(13(16)17-4-2)18-10-7-5-6-8(14)11(10)12(15)19/h5-7,9H,3-4H2,1-2H3,(H2,15,19). The molecule has 1 atom stereocenters. The van der Waals surface area contributed by atoms with E-state index in [2.05, 4.69) is 0 Å². The fourth-order valence-electron chi connectivity index (χ4n) is 1.53. The van der Waals surface area contributed by atoms with Gasteiger partial charge >= 0.3 is 5.97 Å². The normalized spacial score (nSPS) is 11.7. The van der Waals surface area contributed by atoms with Crippen LogP contribution in [-0.2, 0) is 9.53 Å². The van der Waals surface area contributed by atoms with Gasteiger partial charge in [-0.3, -0.25) is 0 Å². The molecule has 0 aliphatic carbocycles. The molecule has 1 unspecified atom stereocenters. The summed E-state index contributed by atoms with van der Waals surface area (Å²) in [7, 11) is 0. The molecule has 0 saturated carbocycles. The molecule has 4 nitrogen and oxygen atoms in total. The molecule has 0 aliphatic heterocycles. The molecule has 1 rings (SSSR count). The van der Waals surface area contributed by atoms with Crippen LogP contribution < -0.4 is 10.5 Å². The van der Waals surface area contributed by atoms with Crippen molar-refractivity contribution in [2.24, 2.45) is 5.73 Å². The number of ether oxygens (including phenoxy) is 2. The average Bonchev–Trinajstić information content (AvgIpc) is 2.35. The Kier molecular flexibility index (Phi) is 5.69. The van der Waals surface area contributed by atoms with Crippen molar-refractivity contribution in [2.45, 2.75) is 26.4 Å². The number of hydrogen-bond donors (Lipinski definition) is 1. The summed E-state index contributed by atoms with van der Waals surface area (Å²) in [5, 5.41) is 0. The number of halogens is 1. The van der Waals surface area contributed by atoms with Gasteiger partial charge in [0.05, 0.1) is 12.2 Å². The predicted octanol–water partition coefficient (Wildman–Crippen LogP) is 2.18. The maximum absolute atomic E-state index is 13.6. The molecule has 6 heteroatoms. The molecule has 0 heterocycles. The molecule has 1 aromatic carbocycles. The van der Waals surface area contributed by atoms with Gasteiger partial charge in [0.25, 0.3) is 0 Å². The van der Waals surface area contributed by atoms with E-state index in [4.69, 9.17) is 27.4 Å². The van der Waals surface area contributed by atoms with Crippen LogP contribution in [0.3, 0.4) is 0 Å². The van der Waals surface area contributed by atoms with Gasteiger partial charge in [-0.05, 0) is 25.5 Å². The van der Waals surface area contributed by atoms with Crippen molar-refractivity contribution in [3.63, 3.8) is 0 Å². The molecule has 0 bridgehead atoms. The van der Waals surface area contributed by atoms with Gasteiger partial charge in [-0.2, -0.15) is 0 Å². The summed E-state index contributed by atoms with van der Waals surface area (Å²) in [6.07, 6.45) is -0.415. The first-order valence-electron chi connectivity index (χ1n) is 5.92. The highest BCUT2D eigenvalue weighted by molar-refractivity contribution is 7.80. The van der Waals surface area contributed by atoms with Gasteiger partial charge in [-0.25, -0.2) is 9.18 Å². The Balaban J connectivity index is 3.00. The summed E-state index contributed by atoms with van der Waals surface area (Å²) in [5.41, 5.74) is 5.46. The second-order valence-electron chi connectivity index (χ2n) is 3.74. The van der Waals surface area contributed by atoms with Gasteiger partial charge in [0.2, 0.25) is 0 Å². The molecule has 0 spiro atoms. The Morgan fingerprint density at radius 1 is 1.47 bits per heavy atom. The van der Waals surface area contributed by atoms with E-state index in [1.54, 1.807) is 13.8 Å². The van der Waals surface area contributed by atoms with Crippen molar-refractivity contribution in [1.29, 1.82) is 0 Å². The zero-order valence-corrected chi connectivity index (χ0v) is 11.6. The summed E-state index contributed by atoms with van der Waals surface area (Å²) in [6.45, 7) is 3.72. The Bertz CT molecular complexity index is 479. The Morgan fingerprint density at radius 2 is 2.16 bits per heavy atom. The Morgan fingerprint density at radius 3 is 2.68 bits per heavy atom. The van der Waals surface area contributed by atoms with Gasteiger partial charge in [-0.15, -0.1) is 0 Å². The fraction of sp³-hybridized carbons (Fsp3) is 0.385. The molecule has 1 aromatic rings. The second kappa shape index (κ2) is 7.04. The van der Waals surface area contributed by atoms with E-state index in [0.29, 0.717) is 6.42 Å². The van der Waals surface area contributed by atoms with Crippen LogP contribution in [0.1, 0.15) is 25.8 Å². The lowest BCUT2D eigenvalue weighted by molar-refractivity contribution is -0.151. The summed E-state index contributed by atoms with van der Waals surface area (Å²) in [5.74, 6) is -0.931. The maximum Gasteiger partial charge on any atom is 0.347 e. The third-order valence-electron chi connectivity index (χ3n) is 2.41. The minimum absolute atomic E-state index is 0.000230. The quantitative estimate of drug-likeness (QED) is 0.641. The maximum atomic E-state index is 13.6. The van der Waals surface area contributed by atoms with Crippen LogP contribution in [0.25, 0.3) is 0 Å². The summed E-state index contributed by atoms with van der Waals surface area (Å²) in [4.78, 5) is 11.5. The summed E-state index contributed by atoms with van der Waals surface area (Å²) < 4.78 is 24.0. The highest BCUT2D eigenvalue weighted by Crippen LogP contribution is 2.23. The Labute approximate surface area is 116 Å². The van der Waals surface area contributed by atoms with Gasteiger partial charge in [-0.1, -0.05) is 25.2 Å². The molecule has 2 N–H and O–H groups in total. The van der Waals surface area contributed by atoms with E-state index in [1.165, 1.54) is 18.2 Å². The molecule has 0 aromatic heterocycles. The second-order valence-corrected chi connectivity index (χ2v) is 4.18. The first kappa shape index (κ1) is 15.4. The van der Waals surface area contributed by atoms with Crippen LogP contribution in [0, 0.1) is 5.82 Å². The smallest absolute Gasteiger partial charge is 0.347 e. The number of benzene rings is 1. The molecule has 0 aliphatic rings. The van der Waals surface area contributed by atoms with Crippen molar-refractivity contribution < 1.29 is 18.7 Å². The van der Waals surface area contributed by atoms with Crippen LogP contribution in [0.5, 0.6) is 5.75 Å².